The van der Waals surface area contributed by atoms with E-state index < -0.39 is 27.7 Å². The summed E-state index contributed by atoms with van der Waals surface area (Å²) in [5.74, 6) is -1.12. The van der Waals surface area contributed by atoms with Crippen molar-refractivity contribution in [3.8, 4) is 11.5 Å². The van der Waals surface area contributed by atoms with Crippen molar-refractivity contribution in [1.29, 1.82) is 0 Å². The predicted octanol–water partition coefficient (Wildman–Crippen LogP) is 9.01. The number of carbonyl (C=O) groups is 2. The van der Waals surface area contributed by atoms with Crippen molar-refractivity contribution in [3.05, 3.63) is 142 Å². The fourth-order valence-electron chi connectivity index (χ4n) is 6.77. The fraction of sp³-hybridized carbons (Fsp3) is 0.190. The van der Waals surface area contributed by atoms with Crippen LogP contribution in [0.4, 0.5) is 0 Å². The number of benzene rings is 5. The van der Waals surface area contributed by atoms with Gasteiger partial charge in [0, 0.05) is 32.3 Å². The number of halogens is 1. The molecular weight excluding hydrogens is 728 g/mol. The first-order chi connectivity index (χ1) is 26.1. The highest BCUT2D eigenvalue weighted by Crippen LogP contribution is 2.32. The van der Waals surface area contributed by atoms with E-state index in [4.69, 9.17) is 25.5 Å². The molecule has 1 amide bonds. The van der Waals surface area contributed by atoms with E-state index >= 15 is 0 Å². The van der Waals surface area contributed by atoms with Crippen LogP contribution in [0.1, 0.15) is 56.1 Å². The van der Waals surface area contributed by atoms with Crippen LogP contribution in [-0.2, 0) is 28.6 Å². The molecule has 3 N–H and O–H groups in total. The number of aromatic amines is 1. The number of carboxylic acids is 1. The summed E-state index contributed by atoms with van der Waals surface area (Å²) in [7, 11) is -4.14. The lowest BCUT2D eigenvalue weighted by atomic mass is 10.0. The van der Waals surface area contributed by atoms with Crippen molar-refractivity contribution in [2.45, 2.75) is 38.4 Å². The molecule has 0 saturated carbocycles. The Morgan fingerprint density at radius 2 is 1.46 bits per heavy atom. The summed E-state index contributed by atoms with van der Waals surface area (Å²) in [6, 6.07) is 30.9. The first-order valence-electron chi connectivity index (χ1n) is 17.5. The van der Waals surface area contributed by atoms with E-state index in [0.717, 1.165) is 21.9 Å². The van der Waals surface area contributed by atoms with Crippen molar-refractivity contribution >= 4 is 66.1 Å². The number of sulfonamides is 1. The molecule has 0 fully saturated rings. The monoisotopic (exact) mass is 764 g/mol. The molecule has 7 rings (SSSR count). The Labute approximate surface area is 316 Å². The topological polar surface area (TPSA) is 148 Å². The highest BCUT2D eigenvalue weighted by atomic mass is 35.5. The third kappa shape index (κ3) is 7.92. The first kappa shape index (κ1) is 36.6. The summed E-state index contributed by atoms with van der Waals surface area (Å²) in [5.41, 5.74) is 4.18. The number of hydrogen-bond donors (Lipinski definition) is 3. The van der Waals surface area contributed by atoms with Crippen LogP contribution in [0.2, 0.25) is 5.02 Å². The molecule has 0 radical (unpaired) electrons. The highest BCUT2D eigenvalue weighted by molar-refractivity contribution is 7.89. The molecule has 10 nitrogen and oxygen atoms in total. The number of rotatable bonds is 15. The van der Waals surface area contributed by atoms with Crippen LogP contribution >= 0.6 is 11.6 Å². The minimum absolute atomic E-state index is 0.0741. The van der Waals surface area contributed by atoms with Crippen LogP contribution in [0.15, 0.2) is 108 Å². The number of aromatic nitrogens is 1. The lowest BCUT2D eigenvalue weighted by Crippen LogP contribution is -2.32. The van der Waals surface area contributed by atoms with E-state index in [9.17, 15) is 23.1 Å². The number of amides is 1. The summed E-state index contributed by atoms with van der Waals surface area (Å²) >= 11 is 6.13. The van der Waals surface area contributed by atoms with Crippen LogP contribution < -0.4 is 14.2 Å². The van der Waals surface area contributed by atoms with Gasteiger partial charge in [0.25, 0.3) is 5.91 Å². The Hall–Kier alpha value is -5.78. The SMILES string of the molecule is Cc1cc(OCCCc2c(C(=O)NS(=O)(=O)Cc3ccc(OCCCc4c(C(=O)O)oc5ccccc45)c4ccccc34)[nH]c3ccccc23)ccc1Cl. The van der Waals surface area contributed by atoms with Gasteiger partial charge in [-0.1, -0.05) is 78.3 Å². The number of furan rings is 1. The standard InChI is InChI=1S/C42H37ClN2O8S/c1-26-24-28(19-20-35(26)43)51-22-8-14-33-30-11-4-6-16-36(30)44-39(33)41(46)45-54(49,50)25-27-18-21-37(31-12-3-2-10-29(27)31)52-23-9-15-34-32-13-5-7-17-38(32)53-40(34)42(47)48/h2-7,10-13,16-21,24,44H,8-9,14-15,22-23,25H2,1H3,(H,45,46)(H,47,48). The zero-order valence-electron chi connectivity index (χ0n) is 29.4. The molecule has 276 valence electrons. The van der Waals surface area contributed by atoms with E-state index in [0.29, 0.717) is 81.9 Å². The van der Waals surface area contributed by atoms with E-state index in [-0.39, 0.29) is 18.1 Å². The van der Waals surface area contributed by atoms with Gasteiger partial charge in [-0.25, -0.2) is 17.9 Å². The molecule has 0 aliphatic heterocycles. The molecule has 12 heteroatoms. The van der Waals surface area contributed by atoms with Crippen molar-refractivity contribution < 1.29 is 37.0 Å². The Balaban J connectivity index is 1.02. The molecule has 7 aromatic rings. The van der Waals surface area contributed by atoms with Gasteiger partial charge in [-0.2, -0.15) is 0 Å². The van der Waals surface area contributed by atoms with Gasteiger partial charge in [0.15, 0.2) is 0 Å². The number of aromatic carboxylic acids is 1. The number of nitrogens with one attached hydrogen (secondary N) is 2. The number of para-hydroxylation sites is 2. The Morgan fingerprint density at radius 3 is 2.22 bits per heavy atom. The molecule has 0 aliphatic rings. The lowest BCUT2D eigenvalue weighted by molar-refractivity contribution is 0.0662. The van der Waals surface area contributed by atoms with Crippen LogP contribution in [0.25, 0.3) is 32.6 Å². The largest absolute Gasteiger partial charge is 0.494 e. The van der Waals surface area contributed by atoms with Crippen LogP contribution in [0.5, 0.6) is 11.5 Å². The minimum atomic E-state index is -4.14. The molecule has 2 aromatic heterocycles. The van der Waals surface area contributed by atoms with E-state index in [1.54, 1.807) is 36.4 Å². The van der Waals surface area contributed by atoms with Gasteiger partial charge in [0.2, 0.25) is 15.8 Å². The maximum Gasteiger partial charge on any atom is 0.372 e. The molecule has 0 saturated heterocycles. The summed E-state index contributed by atoms with van der Waals surface area (Å²) < 4.78 is 47.0. The lowest BCUT2D eigenvalue weighted by Gasteiger charge is -2.14. The van der Waals surface area contributed by atoms with Crippen molar-refractivity contribution in [2.75, 3.05) is 13.2 Å². The summed E-state index contributed by atoms with van der Waals surface area (Å²) in [4.78, 5) is 28.6. The molecule has 0 unspecified atom stereocenters. The molecule has 0 aliphatic carbocycles. The average Bonchev–Trinajstić information content (AvgIpc) is 3.72. The highest BCUT2D eigenvalue weighted by Gasteiger charge is 2.24. The predicted molar refractivity (Wildman–Crippen MR) is 209 cm³/mol. The van der Waals surface area contributed by atoms with Gasteiger partial charge in [0.05, 0.1) is 19.0 Å². The molecule has 54 heavy (non-hydrogen) atoms. The molecular formula is C42H37ClN2O8S. The van der Waals surface area contributed by atoms with E-state index in [1.165, 1.54) is 0 Å². The van der Waals surface area contributed by atoms with Crippen molar-refractivity contribution in [3.63, 3.8) is 0 Å². The van der Waals surface area contributed by atoms with Gasteiger partial charge in [-0.15, -0.1) is 0 Å². The first-order valence-corrected chi connectivity index (χ1v) is 19.5. The summed E-state index contributed by atoms with van der Waals surface area (Å²) in [6.07, 6.45) is 2.01. The van der Waals surface area contributed by atoms with Crippen molar-refractivity contribution in [1.82, 2.24) is 9.71 Å². The van der Waals surface area contributed by atoms with Gasteiger partial charge >= 0.3 is 5.97 Å². The summed E-state index contributed by atoms with van der Waals surface area (Å²) in [6.45, 7) is 2.58. The number of fused-ring (bicyclic) bond motifs is 3. The van der Waals surface area contributed by atoms with Crippen molar-refractivity contribution in [2.24, 2.45) is 0 Å². The molecule has 0 bridgehead atoms. The van der Waals surface area contributed by atoms with Gasteiger partial charge in [-0.05, 0) is 91.1 Å². The number of aryl methyl sites for hydroxylation is 3. The molecule has 0 atom stereocenters. The van der Waals surface area contributed by atoms with E-state index in [2.05, 4.69) is 9.71 Å². The van der Waals surface area contributed by atoms with Gasteiger partial charge in [-0.3, -0.25) is 4.79 Å². The third-order valence-corrected chi connectivity index (χ3v) is 10.9. The number of carbonyl (C=O) groups excluding carboxylic acids is 1. The van der Waals surface area contributed by atoms with Crippen LogP contribution in [0.3, 0.4) is 0 Å². The maximum absolute atomic E-state index is 13.6. The third-order valence-electron chi connectivity index (χ3n) is 9.30. The second kappa shape index (κ2) is 15.7. The Bertz CT molecular complexity index is 2630. The van der Waals surface area contributed by atoms with Gasteiger partial charge < -0.3 is 24.0 Å². The minimum Gasteiger partial charge on any atom is -0.494 e. The van der Waals surface area contributed by atoms with Gasteiger partial charge in [0.1, 0.15) is 22.8 Å². The maximum atomic E-state index is 13.6. The number of H-pyrrole nitrogens is 1. The smallest absolute Gasteiger partial charge is 0.372 e. The number of ether oxygens (including phenoxy) is 2. The number of hydrogen-bond acceptors (Lipinski definition) is 7. The van der Waals surface area contributed by atoms with Crippen LogP contribution in [0, 0.1) is 6.92 Å². The second-order valence-electron chi connectivity index (χ2n) is 13.0. The zero-order chi connectivity index (χ0) is 37.8. The molecule has 2 heterocycles. The normalized spacial score (nSPS) is 11.7. The van der Waals surface area contributed by atoms with E-state index in [1.807, 2.05) is 73.7 Å². The Kier molecular flexibility index (Phi) is 10.6. The molecule has 0 spiro atoms. The summed E-state index contributed by atoms with van der Waals surface area (Å²) in [5, 5.41) is 13.3. The second-order valence-corrected chi connectivity index (χ2v) is 15.1. The van der Waals surface area contributed by atoms with Crippen LogP contribution in [-0.4, -0.2) is 43.6 Å². The fourth-order valence-corrected chi connectivity index (χ4v) is 8.00. The molecule has 5 aromatic carbocycles. The quantitative estimate of drug-likeness (QED) is 0.0877. The Morgan fingerprint density at radius 1 is 0.796 bits per heavy atom. The zero-order valence-corrected chi connectivity index (χ0v) is 30.9. The average molecular weight is 765 g/mol. The number of carboxylic acid groups (broad SMARTS) is 1.